The summed E-state index contributed by atoms with van der Waals surface area (Å²) in [7, 11) is 1.73. The molecule has 0 spiro atoms. The van der Waals surface area contributed by atoms with Gasteiger partial charge in [-0.05, 0) is 30.0 Å². The van der Waals surface area contributed by atoms with Gasteiger partial charge in [-0.15, -0.1) is 0 Å². The van der Waals surface area contributed by atoms with Crippen LogP contribution in [0.3, 0.4) is 0 Å². The summed E-state index contributed by atoms with van der Waals surface area (Å²) in [5.41, 5.74) is 2.16. The van der Waals surface area contributed by atoms with Crippen molar-refractivity contribution in [2.24, 2.45) is 5.92 Å². The first kappa shape index (κ1) is 13.7. The Hall–Kier alpha value is -1.35. The van der Waals surface area contributed by atoms with E-state index in [2.05, 4.69) is 26.0 Å². The minimum atomic E-state index is -0.103. The summed E-state index contributed by atoms with van der Waals surface area (Å²) < 4.78 is 0. The molecule has 0 radical (unpaired) electrons. The third kappa shape index (κ3) is 4.19. The fourth-order valence-electron chi connectivity index (χ4n) is 1.73. The van der Waals surface area contributed by atoms with Crippen molar-refractivity contribution in [3.8, 4) is 0 Å². The van der Waals surface area contributed by atoms with Crippen molar-refractivity contribution in [1.82, 2.24) is 0 Å². The zero-order valence-corrected chi connectivity index (χ0v) is 10.8. The maximum absolute atomic E-state index is 11.6. The number of nitrogens with zero attached hydrogens (tertiary/aromatic N) is 1. The summed E-state index contributed by atoms with van der Waals surface area (Å²) in [4.78, 5) is 13.2. The van der Waals surface area contributed by atoms with Gasteiger partial charge >= 0.3 is 0 Å². The maximum atomic E-state index is 11.6. The van der Waals surface area contributed by atoms with E-state index in [1.54, 1.807) is 11.9 Å². The number of hydrogen-bond acceptors (Lipinski definition) is 2. The van der Waals surface area contributed by atoms with Gasteiger partial charge in [-0.25, -0.2) is 0 Å². The second-order valence-electron chi connectivity index (χ2n) is 4.69. The average Bonchev–Trinajstić information content (AvgIpc) is 2.28. The first-order valence-corrected chi connectivity index (χ1v) is 6.01. The molecule has 0 saturated carbocycles. The molecule has 1 rings (SSSR count). The third-order valence-corrected chi connectivity index (χ3v) is 2.67. The van der Waals surface area contributed by atoms with E-state index >= 15 is 0 Å². The zero-order valence-electron chi connectivity index (χ0n) is 10.8. The summed E-state index contributed by atoms with van der Waals surface area (Å²) in [5.74, 6) is 0.568. The summed E-state index contributed by atoms with van der Waals surface area (Å²) in [6.07, 6.45) is 1.22. The average molecular weight is 235 g/mol. The van der Waals surface area contributed by atoms with E-state index in [0.717, 1.165) is 12.1 Å². The summed E-state index contributed by atoms with van der Waals surface area (Å²) >= 11 is 0. The third-order valence-electron chi connectivity index (χ3n) is 2.67. The molecule has 0 aliphatic carbocycles. The molecule has 1 aromatic carbocycles. The van der Waals surface area contributed by atoms with E-state index < -0.39 is 0 Å². The predicted octanol–water partition coefficient (Wildman–Crippen LogP) is 2.23. The molecule has 1 N–H and O–H groups in total. The van der Waals surface area contributed by atoms with E-state index in [1.807, 2.05) is 12.1 Å². The lowest BCUT2D eigenvalue weighted by Crippen LogP contribution is -2.26. The Balaban J connectivity index is 2.70. The molecule has 0 aromatic heterocycles. The van der Waals surface area contributed by atoms with Gasteiger partial charge in [-0.3, -0.25) is 4.79 Å². The van der Waals surface area contributed by atoms with Crippen molar-refractivity contribution in [3.63, 3.8) is 0 Å². The topological polar surface area (TPSA) is 40.5 Å². The van der Waals surface area contributed by atoms with Gasteiger partial charge < -0.3 is 10.0 Å². The molecule has 0 unspecified atom stereocenters. The molecule has 0 atom stereocenters. The molecule has 0 bridgehead atoms. The number of aliphatic hydroxyl groups excluding tert-OH is 1. The van der Waals surface area contributed by atoms with Crippen LogP contribution in [0.2, 0.25) is 0 Å². The highest BCUT2D eigenvalue weighted by Crippen LogP contribution is 2.16. The van der Waals surface area contributed by atoms with Crippen LogP contribution in [0, 0.1) is 5.92 Å². The number of anilines is 1. The first-order chi connectivity index (χ1) is 8.04. The highest BCUT2D eigenvalue weighted by Gasteiger charge is 2.09. The number of amides is 1. The molecular formula is C14H21NO2. The normalized spacial score (nSPS) is 10.6. The summed E-state index contributed by atoms with van der Waals surface area (Å²) in [5, 5.41) is 8.73. The molecule has 1 amide bonds. The van der Waals surface area contributed by atoms with Crippen LogP contribution in [-0.2, 0) is 11.2 Å². The van der Waals surface area contributed by atoms with Crippen LogP contribution in [0.25, 0.3) is 0 Å². The predicted molar refractivity (Wildman–Crippen MR) is 70.1 cm³/mol. The van der Waals surface area contributed by atoms with Gasteiger partial charge in [0.1, 0.15) is 0 Å². The lowest BCUT2D eigenvalue weighted by Gasteiger charge is -2.17. The van der Waals surface area contributed by atoms with Crippen molar-refractivity contribution in [3.05, 3.63) is 29.8 Å². The van der Waals surface area contributed by atoms with Crippen molar-refractivity contribution in [2.75, 3.05) is 18.6 Å². The van der Waals surface area contributed by atoms with Crippen LogP contribution < -0.4 is 4.90 Å². The Labute approximate surface area is 103 Å². The molecule has 3 nitrogen and oxygen atoms in total. The van der Waals surface area contributed by atoms with E-state index in [1.165, 1.54) is 5.56 Å². The van der Waals surface area contributed by atoms with Crippen molar-refractivity contribution in [2.45, 2.75) is 26.7 Å². The molecule has 0 saturated heterocycles. The standard InChI is InChI=1S/C14H21NO2/c1-11(2)10-12-4-6-13(7-5-12)15(3)14(17)8-9-16/h4-7,11,16H,8-10H2,1-3H3. The van der Waals surface area contributed by atoms with Crippen LogP contribution >= 0.6 is 0 Å². The molecule has 0 heterocycles. The Morgan fingerprint density at radius 2 is 1.88 bits per heavy atom. The van der Waals surface area contributed by atoms with E-state index in [0.29, 0.717) is 5.92 Å². The number of aliphatic hydroxyl groups is 1. The molecule has 94 valence electrons. The molecule has 17 heavy (non-hydrogen) atoms. The van der Waals surface area contributed by atoms with Crippen LogP contribution in [0.1, 0.15) is 25.8 Å². The second kappa shape index (κ2) is 6.40. The van der Waals surface area contributed by atoms with Gasteiger partial charge in [0.2, 0.25) is 5.91 Å². The molecular weight excluding hydrogens is 214 g/mol. The van der Waals surface area contributed by atoms with E-state index in [9.17, 15) is 4.79 Å². The summed E-state index contributed by atoms with van der Waals surface area (Å²) in [6, 6.07) is 8.01. The van der Waals surface area contributed by atoms with Crippen LogP contribution in [-0.4, -0.2) is 24.7 Å². The largest absolute Gasteiger partial charge is 0.396 e. The smallest absolute Gasteiger partial charge is 0.229 e. The van der Waals surface area contributed by atoms with Gasteiger partial charge in [0, 0.05) is 12.7 Å². The second-order valence-corrected chi connectivity index (χ2v) is 4.69. The fraction of sp³-hybridized carbons (Fsp3) is 0.500. The number of benzene rings is 1. The Bertz CT molecular complexity index is 357. The van der Waals surface area contributed by atoms with E-state index in [4.69, 9.17) is 5.11 Å². The van der Waals surface area contributed by atoms with E-state index in [-0.39, 0.29) is 18.9 Å². The minimum absolute atomic E-state index is 0.0656. The van der Waals surface area contributed by atoms with Crippen molar-refractivity contribution in [1.29, 1.82) is 0 Å². The quantitative estimate of drug-likeness (QED) is 0.850. The van der Waals surface area contributed by atoms with Crippen molar-refractivity contribution >= 4 is 11.6 Å². The molecule has 0 aliphatic rings. The van der Waals surface area contributed by atoms with Crippen LogP contribution in [0.5, 0.6) is 0 Å². The SMILES string of the molecule is CC(C)Cc1ccc(N(C)C(=O)CCO)cc1. The molecule has 3 heteroatoms. The summed E-state index contributed by atoms with van der Waals surface area (Å²) in [6.45, 7) is 4.27. The number of carbonyl (C=O) groups excluding carboxylic acids is 1. The Morgan fingerprint density at radius 1 is 1.29 bits per heavy atom. The van der Waals surface area contributed by atoms with Gasteiger partial charge in [-0.1, -0.05) is 26.0 Å². The first-order valence-electron chi connectivity index (χ1n) is 6.01. The van der Waals surface area contributed by atoms with Crippen molar-refractivity contribution < 1.29 is 9.90 Å². The lowest BCUT2D eigenvalue weighted by atomic mass is 10.0. The lowest BCUT2D eigenvalue weighted by molar-refractivity contribution is -0.118. The Kier molecular flexibility index (Phi) is 5.16. The number of carbonyl (C=O) groups is 1. The zero-order chi connectivity index (χ0) is 12.8. The Morgan fingerprint density at radius 3 is 2.35 bits per heavy atom. The number of hydrogen-bond donors (Lipinski definition) is 1. The molecule has 0 aliphatic heterocycles. The van der Waals surface area contributed by atoms with Gasteiger partial charge in [-0.2, -0.15) is 0 Å². The highest BCUT2D eigenvalue weighted by atomic mass is 16.3. The minimum Gasteiger partial charge on any atom is -0.396 e. The number of rotatable bonds is 5. The molecule has 0 fully saturated rings. The van der Waals surface area contributed by atoms with Gasteiger partial charge in [0.25, 0.3) is 0 Å². The van der Waals surface area contributed by atoms with Gasteiger partial charge in [0.15, 0.2) is 0 Å². The van der Waals surface area contributed by atoms with Crippen LogP contribution in [0.15, 0.2) is 24.3 Å². The highest BCUT2D eigenvalue weighted by molar-refractivity contribution is 5.92. The van der Waals surface area contributed by atoms with Crippen LogP contribution in [0.4, 0.5) is 5.69 Å². The fourth-order valence-corrected chi connectivity index (χ4v) is 1.73. The molecule has 1 aromatic rings. The maximum Gasteiger partial charge on any atom is 0.229 e. The van der Waals surface area contributed by atoms with Gasteiger partial charge in [0.05, 0.1) is 13.0 Å². The monoisotopic (exact) mass is 235 g/mol.